The molecule has 2 fully saturated rings. The van der Waals surface area contributed by atoms with Crippen molar-refractivity contribution >= 4 is 21.8 Å². The molecule has 0 radical (unpaired) electrons. The van der Waals surface area contributed by atoms with Crippen LogP contribution in [0, 0.1) is 0 Å². The van der Waals surface area contributed by atoms with Crippen LogP contribution in [0.4, 0.5) is 0 Å². The SMILES string of the molecule is C=CC(=O)NC1CCCCN(S(=O)(=O)c2ccc(C(=O)NC3CCCCC3)cc2)C1. The molecule has 0 bridgehead atoms. The van der Waals surface area contributed by atoms with Crippen molar-refractivity contribution in [1.29, 1.82) is 0 Å². The maximum absolute atomic E-state index is 13.1. The maximum Gasteiger partial charge on any atom is 0.251 e. The molecule has 2 amide bonds. The van der Waals surface area contributed by atoms with Crippen LogP contribution in [0.2, 0.25) is 0 Å². The average Bonchev–Trinajstić information content (AvgIpc) is 3.00. The highest BCUT2D eigenvalue weighted by Crippen LogP contribution is 2.22. The molecule has 2 N–H and O–H groups in total. The number of sulfonamides is 1. The van der Waals surface area contributed by atoms with Crippen LogP contribution >= 0.6 is 0 Å². The van der Waals surface area contributed by atoms with Crippen LogP contribution in [0.3, 0.4) is 0 Å². The van der Waals surface area contributed by atoms with Crippen molar-refractivity contribution in [3.05, 3.63) is 42.5 Å². The van der Waals surface area contributed by atoms with E-state index in [1.807, 2.05) is 0 Å². The first kappa shape index (κ1) is 22.5. The summed E-state index contributed by atoms with van der Waals surface area (Å²) < 4.78 is 27.7. The predicted molar refractivity (Wildman–Crippen MR) is 116 cm³/mol. The first-order valence-electron chi connectivity index (χ1n) is 10.7. The molecule has 8 heteroatoms. The number of carbonyl (C=O) groups is 2. The molecule has 1 saturated heterocycles. The van der Waals surface area contributed by atoms with Gasteiger partial charge in [0, 0.05) is 30.7 Å². The topological polar surface area (TPSA) is 95.6 Å². The Morgan fingerprint density at radius 1 is 0.933 bits per heavy atom. The Hall–Kier alpha value is -2.19. The minimum absolute atomic E-state index is 0.159. The van der Waals surface area contributed by atoms with Crippen LogP contribution in [0.15, 0.2) is 41.8 Å². The van der Waals surface area contributed by atoms with Crippen LogP contribution in [0.1, 0.15) is 61.7 Å². The van der Waals surface area contributed by atoms with E-state index in [0.717, 1.165) is 44.9 Å². The molecule has 7 nitrogen and oxygen atoms in total. The molecule has 1 aliphatic carbocycles. The fraction of sp³-hybridized carbons (Fsp3) is 0.545. The van der Waals surface area contributed by atoms with E-state index >= 15 is 0 Å². The summed E-state index contributed by atoms with van der Waals surface area (Å²) in [6.45, 7) is 4.08. The minimum atomic E-state index is -3.71. The number of carbonyl (C=O) groups excluding carboxylic acids is 2. The Bertz CT molecular complexity index is 861. The molecule has 1 aliphatic heterocycles. The lowest BCUT2D eigenvalue weighted by molar-refractivity contribution is -0.117. The van der Waals surface area contributed by atoms with Gasteiger partial charge in [-0.3, -0.25) is 9.59 Å². The second-order valence-electron chi connectivity index (χ2n) is 8.10. The van der Waals surface area contributed by atoms with E-state index < -0.39 is 10.0 Å². The van der Waals surface area contributed by atoms with Crippen molar-refractivity contribution in [3.63, 3.8) is 0 Å². The molecule has 0 spiro atoms. The second-order valence-corrected chi connectivity index (χ2v) is 10.0. The van der Waals surface area contributed by atoms with E-state index in [9.17, 15) is 18.0 Å². The minimum Gasteiger partial charge on any atom is -0.349 e. The summed E-state index contributed by atoms with van der Waals surface area (Å²) in [5.74, 6) is -0.458. The van der Waals surface area contributed by atoms with Gasteiger partial charge in [0.1, 0.15) is 0 Å². The standard InChI is InChI=1S/C22H31N3O4S/c1-2-21(26)23-19-10-6-7-15-25(16-19)30(28,29)20-13-11-17(12-14-20)22(27)24-18-8-4-3-5-9-18/h2,11-14,18-19H,1,3-10,15-16H2,(H,23,26)(H,24,27). The van der Waals surface area contributed by atoms with E-state index in [4.69, 9.17) is 0 Å². The summed E-state index contributed by atoms with van der Waals surface area (Å²) in [4.78, 5) is 24.3. The van der Waals surface area contributed by atoms with Gasteiger partial charge in [-0.1, -0.05) is 32.3 Å². The molecule has 1 saturated carbocycles. The summed E-state index contributed by atoms with van der Waals surface area (Å²) in [5, 5.41) is 5.86. The van der Waals surface area contributed by atoms with Crippen LogP contribution in [-0.4, -0.2) is 49.7 Å². The van der Waals surface area contributed by atoms with Crippen molar-refractivity contribution in [2.24, 2.45) is 0 Å². The zero-order valence-corrected chi connectivity index (χ0v) is 18.1. The fourth-order valence-corrected chi connectivity index (χ4v) is 5.67. The van der Waals surface area contributed by atoms with E-state index in [1.54, 1.807) is 12.1 Å². The molecule has 1 atom stereocenters. The molecule has 30 heavy (non-hydrogen) atoms. The lowest BCUT2D eigenvalue weighted by Gasteiger charge is -2.24. The van der Waals surface area contributed by atoms with Crippen LogP contribution in [0.25, 0.3) is 0 Å². The Kier molecular flexibility index (Phi) is 7.66. The number of rotatable bonds is 6. The van der Waals surface area contributed by atoms with Crippen molar-refractivity contribution in [3.8, 4) is 0 Å². The largest absolute Gasteiger partial charge is 0.349 e. The molecule has 0 aromatic heterocycles. The summed E-state index contributed by atoms with van der Waals surface area (Å²) >= 11 is 0. The van der Waals surface area contributed by atoms with Gasteiger partial charge in [0.25, 0.3) is 5.91 Å². The molecule has 2 aliphatic rings. The molecular weight excluding hydrogens is 402 g/mol. The number of hydrogen-bond donors (Lipinski definition) is 2. The van der Waals surface area contributed by atoms with Gasteiger partial charge in [0.15, 0.2) is 0 Å². The quantitative estimate of drug-likeness (QED) is 0.674. The van der Waals surface area contributed by atoms with Gasteiger partial charge in [-0.05, 0) is 56.0 Å². The van der Waals surface area contributed by atoms with Gasteiger partial charge >= 0.3 is 0 Å². The van der Waals surface area contributed by atoms with Gasteiger partial charge in [-0.15, -0.1) is 0 Å². The maximum atomic E-state index is 13.1. The van der Waals surface area contributed by atoms with Crippen molar-refractivity contribution < 1.29 is 18.0 Å². The lowest BCUT2D eigenvalue weighted by atomic mass is 9.95. The summed E-state index contributed by atoms with van der Waals surface area (Å²) in [6.07, 6.45) is 8.97. The number of nitrogens with zero attached hydrogens (tertiary/aromatic N) is 1. The number of amides is 2. The molecule has 1 aromatic rings. The average molecular weight is 434 g/mol. The van der Waals surface area contributed by atoms with Crippen molar-refractivity contribution in [1.82, 2.24) is 14.9 Å². The van der Waals surface area contributed by atoms with Crippen molar-refractivity contribution in [2.45, 2.75) is 68.3 Å². The first-order valence-corrected chi connectivity index (χ1v) is 12.2. The van der Waals surface area contributed by atoms with E-state index in [1.165, 1.54) is 28.9 Å². The highest BCUT2D eigenvalue weighted by atomic mass is 32.2. The fourth-order valence-electron chi connectivity index (χ4n) is 4.15. The Morgan fingerprint density at radius 3 is 2.23 bits per heavy atom. The van der Waals surface area contributed by atoms with E-state index in [-0.39, 0.29) is 35.3 Å². The van der Waals surface area contributed by atoms with E-state index in [2.05, 4.69) is 17.2 Å². The third kappa shape index (κ3) is 5.70. The van der Waals surface area contributed by atoms with Gasteiger partial charge in [0.05, 0.1) is 4.90 Å². The van der Waals surface area contributed by atoms with Crippen LogP contribution < -0.4 is 10.6 Å². The van der Waals surface area contributed by atoms with Crippen LogP contribution in [0.5, 0.6) is 0 Å². The van der Waals surface area contributed by atoms with Crippen molar-refractivity contribution in [2.75, 3.05) is 13.1 Å². The smallest absolute Gasteiger partial charge is 0.251 e. The molecule has 1 aromatic carbocycles. The highest BCUT2D eigenvalue weighted by Gasteiger charge is 2.29. The first-order chi connectivity index (χ1) is 14.4. The van der Waals surface area contributed by atoms with Crippen LogP contribution in [-0.2, 0) is 14.8 Å². The van der Waals surface area contributed by atoms with Gasteiger partial charge in [-0.2, -0.15) is 4.31 Å². The Balaban J connectivity index is 1.68. The lowest BCUT2D eigenvalue weighted by Crippen LogP contribution is -2.44. The molecule has 1 heterocycles. The van der Waals surface area contributed by atoms with E-state index in [0.29, 0.717) is 12.1 Å². The number of nitrogens with one attached hydrogen (secondary N) is 2. The molecular formula is C22H31N3O4S. The van der Waals surface area contributed by atoms with Gasteiger partial charge < -0.3 is 10.6 Å². The van der Waals surface area contributed by atoms with Gasteiger partial charge in [-0.25, -0.2) is 8.42 Å². The summed E-state index contributed by atoms with van der Waals surface area (Å²) in [6, 6.07) is 6.09. The monoisotopic (exact) mass is 433 g/mol. The van der Waals surface area contributed by atoms with Gasteiger partial charge in [0.2, 0.25) is 15.9 Å². The Morgan fingerprint density at radius 2 is 1.57 bits per heavy atom. The third-order valence-corrected chi connectivity index (χ3v) is 7.74. The zero-order valence-electron chi connectivity index (χ0n) is 17.3. The number of hydrogen-bond acceptors (Lipinski definition) is 4. The predicted octanol–water partition coefficient (Wildman–Crippen LogP) is 2.59. The Labute approximate surface area is 179 Å². The summed E-state index contributed by atoms with van der Waals surface area (Å²) in [7, 11) is -3.71. The number of benzene rings is 1. The second kappa shape index (κ2) is 10.2. The molecule has 1 unspecified atom stereocenters. The third-order valence-electron chi connectivity index (χ3n) is 5.86. The normalized spacial score (nSPS) is 21.4. The zero-order chi connectivity index (χ0) is 21.6. The summed E-state index contributed by atoms with van der Waals surface area (Å²) in [5.41, 5.74) is 0.464. The molecule has 3 rings (SSSR count). The molecule has 164 valence electrons. The highest BCUT2D eigenvalue weighted by molar-refractivity contribution is 7.89.